The molecule has 1 fully saturated rings. The Bertz CT molecular complexity index is 1690. The van der Waals surface area contributed by atoms with Gasteiger partial charge in [-0.1, -0.05) is 210 Å². The first-order valence-corrected chi connectivity index (χ1v) is 28.2. The molecular formula is C64H101NO8. The van der Waals surface area contributed by atoms with E-state index >= 15 is 0 Å². The Kier molecular flexibility index (Phi) is 47.0. The van der Waals surface area contributed by atoms with Crippen LogP contribution in [0.4, 0.5) is 0 Å². The predicted molar refractivity (Wildman–Crippen MR) is 308 cm³/mol. The maximum atomic E-state index is 13.0. The van der Waals surface area contributed by atoms with Crippen LogP contribution in [0.3, 0.4) is 0 Å². The maximum Gasteiger partial charge on any atom is 0.220 e. The normalized spacial score (nSPS) is 20.3. The molecular weight excluding hydrogens is 911 g/mol. The number of ether oxygens (including phenoxy) is 2. The third-order valence-corrected chi connectivity index (χ3v) is 12.1. The number of rotatable bonds is 45. The average molecular weight is 1010 g/mol. The molecule has 1 aliphatic heterocycles. The smallest absolute Gasteiger partial charge is 0.220 e. The maximum absolute atomic E-state index is 13.0. The molecule has 0 aliphatic carbocycles. The number of amides is 1. The first kappa shape index (κ1) is 66.8. The second kappa shape index (κ2) is 51.3. The third-order valence-electron chi connectivity index (χ3n) is 12.1. The summed E-state index contributed by atoms with van der Waals surface area (Å²) in [5.41, 5.74) is 0. The highest BCUT2D eigenvalue weighted by Gasteiger charge is 2.44. The molecule has 9 heteroatoms. The van der Waals surface area contributed by atoms with Gasteiger partial charge in [0.15, 0.2) is 6.29 Å². The molecule has 1 rings (SSSR count). The van der Waals surface area contributed by atoms with Crippen molar-refractivity contribution in [1.29, 1.82) is 0 Å². The number of aliphatic hydroxyl groups is 5. The molecule has 0 bridgehead atoms. The van der Waals surface area contributed by atoms with Crippen LogP contribution in [0.2, 0.25) is 0 Å². The van der Waals surface area contributed by atoms with Crippen molar-refractivity contribution in [3.05, 3.63) is 158 Å². The quantitative estimate of drug-likeness (QED) is 0.0261. The van der Waals surface area contributed by atoms with Gasteiger partial charge in [0.2, 0.25) is 5.91 Å². The van der Waals surface area contributed by atoms with E-state index in [0.717, 1.165) is 135 Å². The fourth-order valence-corrected chi connectivity index (χ4v) is 7.63. The molecule has 0 spiro atoms. The van der Waals surface area contributed by atoms with Gasteiger partial charge in [-0.3, -0.25) is 4.79 Å². The number of unbranched alkanes of at least 4 members (excludes halogenated alkanes) is 11. The minimum absolute atomic E-state index is 0.215. The van der Waals surface area contributed by atoms with Crippen molar-refractivity contribution in [1.82, 2.24) is 5.32 Å². The Hall–Kier alpha value is -4.19. The van der Waals surface area contributed by atoms with Crippen LogP contribution in [-0.2, 0) is 14.3 Å². The summed E-state index contributed by atoms with van der Waals surface area (Å²) >= 11 is 0. The molecule has 73 heavy (non-hydrogen) atoms. The molecule has 7 unspecified atom stereocenters. The number of aliphatic hydroxyl groups excluding tert-OH is 5. The third kappa shape index (κ3) is 40.8. The first-order chi connectivity index (χ1) is 35.8. The van der Waals surface area contributed by atoms with Gasteiger partial charge in [0.25, 0.3) is 0 Å². The van der Waals surface area contributed by atoms with E-state index in [1.54, 1.807) is 6.08 Å². The lowest BCUT2D eigenvalue weighted by Crippen LogP contribution is -2.60. The number of nitrogens with one attached hydrogen (secondary N) is 1. The van der Waals surface area contributed by atoms with Gasteiger partial charge >= 0.3 is 0 Å². The molecule has 1 aliphatic rings. The van der Waals surface area contributed by atoms with Crippen LogP contribution in [0.5, 0.6) is 0 Å². The zero-order chi connectivity index (χ0) is 52.9. The minimum Gasteiger partial charge on any atom is -0.394 e. The molecule has 0 saturated carbocycles. The summed E-state index contributed by atoms with van der Waals surface area (Å²) in [6.07, 6.45) is 74.5. The molecule has 1 heterocycles. The largest absolute Gasteiger partial charge is 0.394 e. The zero-order valence-electron chi connectivity index (χ0n) is 45.3. The number of allylic oxidation sites excluding steroid dienone is 25. The summed E-state index contributed by atoms with van der Waals surface area (Å²) in [5, 5.41) is 54.3. The molecule has 9 nitrogen and oxygen atoms in total. The van der Waals surface area contributed by atoms with Crippen molar-refractivity contribution < 1.29 is 39.8 Å². The molecule has 0 aromatic rings. The summed E-state index contributed by atoms with van der Waals surface area (Å²) in [5.74, 6) is -0.215. The number of carbonyl (C=O) groups excluding carboxylic acids is 1. The second-order valence-corrected chi connectivity index (χ2v) is 18.6. The van der Waals surface area contributed by atoms with E-state index < -0.39 is 49.5 Å². The van der Waals surface area contributed by atoms with Crippen LogP contribution >= 0.6 is 0 Å². The van der Waals surface area contributed by atoms with Crippen molar-refractivity contribution in [2.75, 3.05) is 13.2 Å². The van der Waals surface area contributed by atoms with E-state index in [0.29, 0.717) is 12.8 Å². The summed E-state index contributed by atoms with van der Waals surface area (Å²) < 4.78 is 11.2. The highest BCUT2D eigenvalue weighted by Crippen LogP contribution is 2.22. The summed E-state index contributed by atoms with van der Waals surface area (Å²) in [4.78, 5) is 13.0. The van der Waals surface area contributed by atoms with Crippen molar-refractivity contribution >= 4 is 5.91 Å². The van der Waals surface area contributed by atoms with Gasteiger partial charge in [-0.15, -0.1) is 0 Å². The minimum atomic E-state index is -1.59. The Balaban J connectivity index is 2.22. The van der Waals surface area contributed by atoms with Crippen LogP contribution in [0.15, 0.2) is 158 Å². The predicted octanol–water partition coefficient (Wildman–Crippen LogP) is 14.1. The Morgan fingerprint density at radius 2 is 0.863 bits per heavy atom. The van der Waals surface area contributed by atoms with Crippen LogP contribution in [0.1, 0.15) is 181 Å². The topological polar surface area (TPSA) is 149 Å². The summed E-state index contributed by atoms with van der Waals surface area (Å²) in [6, 6.07) is -0.847. The summed E-state index contributed by atoms with van der Waals surface area (Å²) in [6.45, 7) is 3.57. The lowest BCUT2D eigenvalue weighted by Gasteiger charge is -2.40. The molecule has 0 radical (unpaired) electrons. The van der Waals surface area contributed by atoms with E-state index in [1.807, 2.05) is 6.08 Å². The molecule has 410 valence electrons. The molecule has 1 amide bonds. The van der Waals surface area contributed by atoms with Crippen LogP contribution in [0, 0.1) is 0 Å². The Morgan fingerprint density at radius 1 is 0.479 bits per heavy atom. The van der Waals surface area contributed by atoms with E-state index in [4.69, 9.17) is 9.47 Å². The monoisotopic (exact) mass is 1010 g/mol. The van der Waals surface area contributed by atoms with Gasteiger partial charge in [0, 0.05) is 6.42 Å². The van der Waals surface area contributed by atoms with E-state index in [1.165, 1.54) is 19.3 Å². The van der Waals surface area contributed by atoms with Gasteiger partial charge in [-0.2, -0.15) is 0 Å². The van der Waals surface area contributed by atoms with Crippen LogP contribution in [-0.4, -0.2) is 87.5 Å². The zero-order valence-corrected chi connectivity index (χ0v) is 45.3. The van der Waals surface area contributed by atoms with E-state index in [9.17, 15) is 30.3 Å². The van der Waals surface area contributed by atoms with Gasteiger partial charge < -0.3 is 40.3 Å². The highest BCUT2D eigenvalue weighted by molar-refractivity contribution is 5.76. The molecule has 0 aromatic carbocycles. The fourth-order valence-electron chi connectivity index (χ4n) is 7.63. The molecule has 7 atom stereocenters. The number of carbonyl (C=O) groups is 1. The standard InChI is InChI=1S/C64H101NO8/c1-3-5-7-9-11-13-15-17-18-19-20-21-22-23-24-25-26-27-28-29-30-31-32-33-34-35-36-37-38-39-40-42-44-46-48-50-52-54-60(68)65-57(56-72-64-63(71)62(70)61(69)59(55-66)73-64)58(67)53-51-49-47-45-43-41-16-14-12-10-8-6-4-2/h5,7,11-14,17-18,20-21,23-24,26-27,29-30,32-33,35-36,38-39,43,45,51,53,57-59,61-64,66-67,69-71H,3-4,6,8-10,15-16,19,22,25,28,31,34,37,40-42,44,46-50,52,54-56H2,1-2H3,(H,65,68)/b7-5-,13-11-,14-12+,18-17-,21-20-,24-23-,27-26-,30-29-,33-32-,36-35-,39-38-,45-43+,53-51+. The molecule has 1 saturated heterocycles. The van der Waals surface area contributed by atoms with Crippen molar-refractivity contribution in [2.45, 2.75) is 224 Å². The van der Waals surface area contributed by atoms with E-state index in [2.05, 4.69) is 165 Å². The first-order valence-electron chi connectivity index (χ1n) is 28.2. The lowest BCUT2D eigenvalue weighted by atomic mass is 9.99. The van der Waals surface area contributed by atoms with Gasteiger partial charge in [-0.05, 0) is 122 Å². The van der Waals surface area contributed by atoms with Crippen LogP contribution < -0.4 is 5.32 Å². The van der Waals surface area contributed by atoms with Crippen molar-refractivity contribution in [3.8, 4) is 0 Å². The number of hydrogen-bond donors (Lipinski definition) is 6. The van der Waals surface area contributed by atoms with Gasteiger partial charge in [0.05, 0.1) is 25.4 Å². The van der Waals surface area contributed by atoms with Gasteiger partial charge in [0.1, 0.15) is 24.4 Å². The summed E-state index contributed by atoms with van der Waals surface area (Å²) in [7, 11) is 0. The van der Waals surface area contributed by atoms with E-state index in [-0.39, 0.29) is 12.5 Å². The molecule has 6 N–H and O–H groups in total. The van der Waals surface area contributed by atoms with Crippen molar-refractivity contribution in [2.24, 2.45) is 0 Å². The van der Waals surface area contributed by atoms with Crippen molar-refractivity contribution in [3.63, 3.8) is 0 Å². The van der Waals surface area contributed by atoms with Crippen LogP contribution in [0.25, 0.3) is 0 Å². The fraction of sp³-hybridized carbons (Fsp3) is 0.578. The average Bonchev–Trinajstić information content (AvgIpc) is 3.39. The Morgan fingerprint density at radius 3 is 1.32 bits per heavy atom. The number of hydrogen-bond acceptors (Lipinski definition) is 8. The second-order valence-electron chi connectivity index (χ2n) is 18.6. The SMILES string of the molecule is CC/C=C\C/C=C\C/C=C\C/C=C\C/C=C\C/C=C\C/C=C\C/C=C\C/C=C\C/C=C\CCCCCCCCC(=O)NC(COC1OC(CO)C(O)C(O)C1O)C(O)/C=C/CC/C=C/CC/C=C/CCCCC. The lowest BCUT2D eigenvalue weighted by molar-refractivity contribution is -0.302. The van der Waals surface area contributed by atoms with Gasteiger partial charge in [-0.25, -0.2) is 0 Å². The Labute approximate surface area is 444 Å². The highest BCUT2D eigenvalue weighted by atomic mass is 16.7. The molecule has 0 aromatic heterocycles.